The van der Waals surface area contributed by atoms with Gasteiger partial charge in [0, 0.05) is 34.0 Å². The first-order chi connectivity index (χ1) is 16.1. The molecule has 2 N–H and O–H groups in total. The van der Waals surface area contributed by atoms with Gasteiger partial charge in [0.25, 0.3) is 0 Å². The van der Waals surface area contributed by atoms with Crippen LogP contribution in [0.3, 0.4) is 0 Å². The first-order valence-corrected chi connectivity index (χ1v) is 10.7. The van der Waals surface area contributed by atoms with Gasteiger partial charge < -0.3 is 10.4 Å². The van der Waals surface area contributed by atoms with Crippen molar-refractivity contribution in [2.24, 2.45) is 0 Å². The predicted octanol–water partition coefficient (Wildman–Crippen LogP) is 6.77. The Morgan fingerprint density at radius 1 is 1.03 bits per heavy atom. The minimum Gasteiger partial charge on any atom is -0.478 e. The summed E-state index contributed by atoms with van der Waals surface area (Å²) in [6.07, 6.45) is -2.83. The molecule has 0 saturated carbocycles. The number of alkyl halides is 3. The van der Waals surface area contributed by atoms with Crippen LogP contribution in [0.15, 0.2) is 77.4 Å². The van der Waals surface area contributed by atoms with Crippen LogP contribution in [0.25, 0.3) is 16.9 Å². The molecule has 0 fully saturated rings. The number of rotatable bonds is 6. The first-order valence-electron chi connectivity index (χ1n) is 9.90. The van der Waals surface area contributed by atoms with Gasteiger partial charge in [-0.3, -0.25) is 0 Å². The average Bonchev–Trinajstić information content (AvgIpc) is 3.22. The van der Waals surface area contributed by atoms with Crippen LogP contribution in [0.2, 0.25) is 0 Å². The summed E-state index contributed by atoms with van der Waals surface area (Å²) in [4.78, 5) is 11.1. The molecule has 0 aliphatic heterocycles. The second kappa shape index (κ2) is 9.30. The molecule has 0 amide bonds. The lowest BCUT2D eigenvalue weighted by Crippen LogP contribution is -2.08. The summed E-state index contributed by atoms with van der Waals surface area (Å²) in [5, 5.41) is 16.6. The second-order valence-corrected chi connectivity index (χ2v) is 8.21. The summed E-state index contributed by atoms with van der Waals surface area (Å²) in [5.74, 6) is -1.47. The maximum atomic E-state index is 13.4. The molecule has 0 aliphatic carbocycles. The van der Waals surface area contributed by atoms with Crippen molar-refractivity contribution < 1.29 is 27.5 Å². The van der Waals surface area contributed by atoms with Gasteiger partial charge in [-0.2, -0.15) is 18.3 Å². The lowest BCUT2D eigenvalue weighted by atomic mass is 10.1. The van der Waals surface area contributed by atoms with E-state index in [1.165, 1.54) is 41.1 Å². The molecule has 10 heteroatoms. The van der Waals surface area contributed by atoms with E-state index in [0.717, 1.165) is 6.07 Å². The Balaban J connectivity index is 1.68. The number of hydrogen-bond donors (Lipinski definition) is 2. The fourth-order valence-electron chi connectivity index (χ4n) is 3.33. The predicted molar refractivity (Wildman–Crippen MR) is 122 cm³/mol. The number of nitrogens with one attached hydrogen (secondary N) is 1. The molecule has 34 heavy (non-hydrogen) atoms. The van der Waals surface area contributed by atoms with Crippen molar-refractivity contribution in [1.29, 1.82) is 0 Å². The van der Waals surface area contributed by atoms with Crippen LogP contribution in [0.5, 0.6) is 0 Å². The van der Waals surface area contributed by atoms with Crippen LogP contribution in [0.4, 0.5) is 23.2 Å². The third kappa shape index (κ3) is 5.12. The van der Waals surface area contributed by atoms with Crippen LogP contribution in [-0.2, 0) is 12.7 Å². The van der Waals surface area contributed by atoms with E-state index in [1.807, 2.05) is 0 Å². The van der Waals surface area contributed by atoms with Crippen molar-refractivity contribution in [2.45, 2.75) is 12.7 Å². The highest BCUT2D eigenvalue weighted by atomic mass is 79.9. The van der Waals surface area contributed by atoms with Crippen LogP contribution < -0.4 is 5.32 Å². The maximum Gasteiger partial charge on any atom is 0.417 e. The van der Waals surface area contributed by atoms with Crippen LogP contribution >= 0.6 is 15.9 Å². The van der Waals surface area contributed by atoms with Crippen LogP contribution in [0.1, 0.15) is 21.5 Å². The zero-order valence-corrected chi connectivity index (χ0v) is 18.9. The molecule has 0 bridgehead atoms. The molecule has 4 aromatic rings. The summed E-state index contributed by atoms with van der Waals surface area (Å²) in [5.41, 5.74) is 1.93. The van der Waals surface area contributed by atoms with Gasteiger partial charge in [0.1, 0.15) is 5.82 Å². The number of carbonyl (C=O) groups is 1. The van der Waals surface area contributed by atoms with E-state index in [9.17, 15) is 22.4 Å². The number of aromatic nitrogens is 2. The Kier molecular flexibility index (Phi) is 6.43. The van der Waals surface area contributed by atoms with Crippen molar-refractivity contribution >= 4 is 27.6 Å². The highest BCUT2D eigenvalue weighted by Gasteiger charge is 2.33. The standard InChI is InChI=1S/C24H16BrF4N3O2/c25-21-10-7-18(11-20(21)24(27,28)29)30-12-16-13-32(19-8-3-15(4-9-19)23(33)34)31-22(16)14-1-5-17(26)6-2-14/h1-11,13,30H,12H2,(H,33,34). The highest BCUT2D eigenvalue weighted by Crippen LogP contribution is 2.36. The lowest BCUT2D eigenvalue weighted by Gasteiger charge is -2.12. The summed E-state index contributed by atoms with van der Waals surface area (Å²) in [7, 11) is 0. The van der Waals surface area contributed by atoms with Gasteiger partial charge >= 0.3 is 12.1 Å². The molecule has 4 rings (SSSR count). The number of aromatic carboxylic acids is 1. The largest absolute Gasteiger partial charge is 0.478 e. The highest BCUT2D eigenvalue weighted by molar-refractivity contribution is 9.10. The number of halogens is 5. The van der Waals surface area contributed by atoms with E-state index in [-0.39, 0.29) is 22.3 Å². The SMILES string of the molecule is O=C(O)c1ccc(-n2cc(CNc3ccc(Br)c(C(F)(F)F)c3)c(-c3ccc(F)cc3)n2)cc1. The van der Waals surface area contributed by atoms with E-state index in [0.29, 0.717) is 22.5 Å². The summed E-state index contributed by atoms with van der Waals surface area (Å²) >= 11 is 2.92. The molecule has 0 unspecified atom stereocenters. The fraction of sp³-hybridized carbons (Fsp3) is 0.0833. The Morgan fingerprint density at radius 3 is 2.32 bits per heavy atom. The minimum absolute atomic E-state index is 0.0600. The fourth-order valence-corrected chi connectivity index (χ4v) is 3.80. The van der Waals surface area contributed by atoms with Gasteiger partial charge in [-0.1, -0.05) is 15.9 Å². The Morgan fingerprint density at radius 2 is 1.71 bits per heavy atom. The number of nitrogens with zero attached hydrogens (tertiary/aromatic N) is 2. The van der Waals surface area contributed by atoms with E-state index in [4.69, 9.17) is 5.11 Å². The van der Waals surface area contributed by atoms with Crippen LogP contribution in [0, 0.1) is 5.82 Å². The normalized spacial score (nSPS) is 11.4. The van der Waals surface area contributed by atoms with Gasteiger partial charge in [-0.05, 0) is 66.7 Å². The lowest BCUT2D eigenvalue weighted by molar-refractivity contribution is -0.138. The number of carboxylic acids is 1. The van der Waals surface area contributed by atoms with Crippen molar-refractivity contribution in [3.63, 3.8) is 0 Å². The Bertz CT molecular complexity index is 1330. The molecule has 0 radical (unpaired) electrons. The van der Waals surface area contributed by atoms with E-state index in [1.54, 1.807) is 30.5 Å². The molecule has 174 valence electrons. The summed E-state index contributed by atoms with van der Waals surface area (Å²) in [6, 6.07) is 15.6. The van der Waals surface area contributed by atoms with Gasteiger partial charge in [-0.25, -0.2) is 13.9 Å². The summed E-state index contributed by atoms with van der Waals surface area (Å²) in [6.45, 7) is 0.138. The molecule has 0 aliphatic rings. The number of hydrogen-bond acceptors (Lipinski definition) is 3. The number of anilines is 1. The van der Waals surface area contributed by atoms with Crippen molar-refractivity contribution in [3.05, 3.63) is 99.9 Å². The quantitative estimate of drug-likeness (QED) is 0.268. The molecule has 3 aromatic carbocycles. The molecule has 1 heterocycles. The van der Waals surface area contributed by atoms with Crippen molar-refractivity contribution in [1.82, 2.24) is 9.78 Å². The van der Waals surface area contributed by atoms with Crippen molar-refractivity contribution in [2.75, 3.05) is 5.32 Å². The maximum absolute atomic E-state index is 13.4. The molecule has 0 saturated heterocycles. The van der Waals surface area contributed by atoms with Gasteiger partial charge in [0.05, 0.1) is 22.5 Å². The minimum atomic E-state index is -4.51. The zero-order chi connectivity index (χ0) is 24.5. The molecule has 1 aromatic heterocycles. The molecule has 0 spiro atoms. The number of carboxylic acid groups (broad SMARTS) is 1. The zero-order valence-electron chi connectivity index (χ0n) is 17.3. The van der Waals surface area contributed by atoms with Gasteiger partial charge in [0.15, 0.2) is 0 Å². The number of benzene rings is 3. The second-order valence-electron chi connectivity index (χ2n) is 7.35. The van der Waals surface area contributed by atoms with Crippen molar-refractivity contribution in [3.8, 4) is 16.9 Å². The molecule has 0 atom stereocenters. The third-order valence-electron chi connectivity index (χ3n) is 5.04. The third-order valence-corrected chi connectivity index (χ3v) is 5.73. The first kappa shape index (κ1) is 23.5. The summed E-state index contributed by atoms with van der Waals surface area (Å²) < 4.78 is 54.6. The van der Waals surface area contributed by atoms with Crippen LogP contribution in [-0.4, -0.2) is 20.9 Å². The van der Waals surface area contributed by atoms with Gasteiger partial charge in [0.2, 0.25) is 0 Å². The average molecular weight is 534 g/mol. The van der Waals surface area contributed by atoms with Gasteiger partial charge in [-0.15, -0.1) is 0 Å². The van der Waals surface area contributed by atoms with E-state index < -0.39 is 23.5 Å². The Labute approximate surface area is 199 Å². The topological polar surface area (TPSA) is 67.2 Å². The molecular weight excluding hydrogens is 518 g/mol. The monoisotopic (exact) mass is 533 g/mol. The van der Waals surface area contributed by atoms with E-state index in [2.05, 4.69) is 26.3 Å². The Hall–Kier alpha value is -3.66. The molecule has 5 nitrogen and oxygen atoms in total. The van der Waals surface area contributed by atoms with E-state index >= 15 is 0 Å². The smallest absolute Gasteiger partial charge is 0.417 e. The molecular formula is C24H16BrF4N3O2.